The third kappa shape index (κ3) is 9.25. The van der Waals surface area contributed by atoms with E-state index in [1.165, 1.54) is 13.0 Å². The maximum Gasteiger partial charge on any atom is 0.296 e. The molecule has 10 heteroatoms. The summed E-state index contributed by atoms with van der Waals surface area (Å²) in [5.41, 5.74) is 9.03. The molecule has 0 radical (unpaired) electrons. The third-order valence-electron chi connectivity index (χ3n) is 5.67. The minimum absolute atomic E-state index is 0. The quantitative estimate of drug-likeness (QED) is 0.230. The number of hydrogen-bond acceptors (Lipinski definition) is 7. The number of thiol groups is 1. The molecule has 6 nitrogen and oxygen atoms in total. The Kier molecular flexibility index (Phi) is 12.9. The topological polar surface area (TPSA) is 88.1 Å². The van der Waals surface area contributed by atoms with Crippen molar-refractivity contribution in [1.29, 1.82) is 5.41 Å². The van der Waals surface area contributed by atoms with Gasteiger partial charge in [-0.05, 0) is 45.5 Å². The Morgan fingerprint density at radius 2 is 1.69 bits per heavy atom. The van der Waals surface area contributed by atoms with Gasteiger partial charge >= 0.3 is 0 Å². The van der Waals surface area contributed by atoms with Crippen LogP contribution in [0.1, 0.15) is 51.3 Å². The number of ether oxygens (including phenoxy) is 1. The van der Waals surface area contributed by atoms with E-state index in [0.29, 0.717) is 17.0 Å². The Morgan fingerprint density at radius 3 is 2.21 bits per heavy atom. The molecule has 3 N–H and O–H groups in total. The number of nitrogen functional groups attached to an aromatic ring is 1. The van der Waals surface area contributed by atoms with Gasteiger partial charge in [0.1, 0.15) is 11.6 Å². The second-order valence-corrected chi connectivity index (χ2v) is 9.43. The highest BCUT2D eigenvalue weighted by molar-refractivity contribution is 7.80. The first-order valence-electron chi connectivity index (χ1n) is 12.4. The van der Waals surface area contributed by atoms with Crippen LogP contribution in [0.2, 0.25) is 0 Å². The molecule has 214 valence electrons. The summed E-state index contributed by atoms with van der Waals surface area (Å²) < 4.78 is 46.9. The number of nitrogens with zero attached hydrogens (tertiary/aromatic N) is 3. The number of likely N-dealkylation sites (tertiary alicyclic amines) is 1. The smallest absolute Gasteiger partial charge is 0.296 e. The summed E-state index contributed by atoms with van der Waals surface area (Å²) in [5, 5.41) is 7.93. The lowest BCUT2D eigenvalue weighted by molar-refractivity contribution is -0.136. The lowest BCUT2D eigenvalue weighted by Gasteiger charge is -2.36. The van der Waals surface area contributed by atoms with Gasteiger partial charge in [-0.2, -0.15) is 4.98 Å². The standard InChI is InChI=1S/C19H23F2N5O.C7H7FS.C2H6.CH4/c1-11-4-6-13(7-5-11)17-24-16(23)15(12(2)22)18(25-17)27-14-8-9-26(3)10-19(14,20)21;1-5-2-3-6(8)7(9)4-5;1-2;/h4-7,14,22H,8-10H2,1-3H3,(H2,23,24,25);2-4,9H,1H3;1-2H3;1H4. The van der Waals surface area contributed by atoms with Crippen molar-refractivity contribution in [3.8, 4) is 17.3 Å². The van der Waals surface area contributed by atoms with Crippen LogP contribution in [0.3, 0.4) is 0 Å². The van der Waals surface area contributed by atoms with Gasteiger partial charge in [0.2, 0.25) is 5.88 Å². The van der Waals surface area contributed by atoms with Crippen LogP contribution in [0.25, 0.3) is 11.4 Å². The summed E-state index contributed by atoms with van der Waals surface area (Å²) in [6, 6.07) is 12.3. The molecule has 1 aliphatic heterocycles. The lowest BCUT2D eigenvalue weighted by atomic mass is 10.0. The van der Waals surface area contributed by atoms with Crippen LogP contribution in [-0.2, 0) is 0 Å². The summed E-state index contributed by atoms with van der Waals surface area (Å²) in [4.78, 5) is 10.6. The SMILES string of the molecule is C.CC.CC(=N)c1c(N)nc(-c2ccc(C)cc2)nc1OC1CCN(C)CC1(F)F.Cc1ccc(F)c(S)c1. The molecule has 2 heterocycles. The summed E-state index contributed by atoms with van der Waals surface area (Å²) >= 11 is 3.89. The first kappa shape index (κ1) is 33.9. The van der Waals surface area contributed by atoms with Crippen LogP contribution in [0.5, 0.6) is 5.88 Å². The van der Waals surface area contributed by atoms with Crippen molar-refractivity contribution in [1.82, 2.24) is 14.9 Å². The van der Waals surface area contributed by atoms with Crippen molar-refractivity contribution < 1.29 is 17.9 Å². The molecule has 3 aromatic rings. The molecule has 1 aliphatic rings. The van der Waals surface area contributed by atoms with Gasteiger partial charge in [0.05, 0.1) is 12.1 Å². The first-order valence-corrected chi connectivity index (χ1v) is 12.8. The van der Waals surface area contributed by atoms with E-state index in [9.17, 15) is 13.2 Å². The minimum atomic E-state index is -3.02. The number of halogens is 3. The van der Waals surface area contributed by atoms with Crippen LogP contribution < -0.4 is 10.5 Å². The lowest BCUT2D eigenvalue weighted by Crippen LogP contribution is -2.52. The van der Waals surface area contributed by atoms with Crippen LogP contribution >= 0.6 is 12.6 Å². The number of anilines is 1. The fourth-order valence-electron chi connectivity index (χ4n) is 3.72. The fourth-order valence-corrected chi connectivity index (χ4v) is 4.00. The van der Waals surface area contributed by atoms with E-state index in [0.717, 1.165) is 11.1 Å². The molecule has 2 aromatic carbocycles. The predicted octanol–water partition coefficient (Wildman–Crippen LogP) is 7.23. The minimum Gasteiger partial charge on any atom is -0.467 e. The highest BCUT2D eigenvalue weighted by atomic mass is 32.1. The van der Waals surface area contributed by atoms with Crippen LogP contribution in [0.15, 0.2) is 47.4 Å². The second-order valence-electron chi connectivity index (χ2n) is 8.95. The molecule has 4 rings (SSSR count). The van der Waals surface area contributed by atoms with E-state index in [-0.39, 0.29) is 55.0 Å². The van der Waals surface area contributed by atoms with Crippen LogP contribution in [-0.4, -0.2) is 52.7 Å². The van der Waals surface area contributed by atoms with Crippen LogP contribution in [0, 0.1) is 25.1 Å². The number of benzene rings is 2. The molecule has 0 spiro atoms. The van der Waals surface area contributed by atoms with Crippen molar-refractivity contribution in [3.63, 3.8) is 0 Å². The largest absolute Gasteiger partial charge is 0.467 e. The number of aryl methyl sites for hydroxylation is 2. The number of nitrogens with one attached hydrogen (secondary N) is 1. The van der Waals surface area contributed by atoms with Crippen molar-refractivity contribution >= 4 is 24.2 Å². The normalized spacial score (nSPS) is 16.0. The number of nitrogens with two attached hydrogens (primary N) is 1. The summed E-state index contributed by atoms with van der Waals surface area (Å²) in [7, 11) is 1.65. The first-order chi connectivity index (χ1) is 17.9. The van der Waals surface area contributed by atoms with Gasteiger partial charge in [-0.1, -0.05) is 57.2 Å². The van der Waals surface area contributed by atoms with E-state index in [4.69, 9.17) is 15.9 Å². The van der Waals surface area contributed by atoms with Crippen molar-refractivity contribution in [2.45, 2.75) is 65.4 Å². The Labute approximate surface area is 235 Å². The average molecular weight is 564 g/mol. The van der Waals surface area contributed by atoms with Gasteiger partial charge in [-0.25, -0.2) is 18.2 Å². The Hall–Kier alpha value is -3.11. The Balaban J connectivity index is 0.000000535. The molecular formula is C29H40F3N5OS. The molecule has 0 bridgehead atoms. The number of aromatic nitrogens is 2. The fraction of sp³-hybridized carbons (Fsp3) is 0.414. The van der Waals surface area contributed by atoms with Crippen molar-refractivity contribution in [3.05, 3.63) is 65.0 Å². The van der Waals surface area contributed by atoms with E-state index < -0.39 is 12.0 Å². The zero-order valence-corrected chi connectivity index (χ0v) is 23.5. The molecule has 1 saturated heterocycles. The number of piperidine rings is 1. The number of hydrogen-bond donors (Lipinski definition) is 3. The molecule has 0 saturated carbocycles. The summed E-state index contributed by atoms with van der Waals surface area (Å²) in [6.45, 7) is 9.46. The van der Waals surface area contributed by atoms with E-state index in [2.05, 4.69) is 22.6 Å². The van der Waals surface area contributed by atoms with Gasteiger partial charge in [-0.3, -0.25) is 0 Å². The molecule has 1 aromatic heterocycles. The third-order valence-corrected chi connectivity index (χ3v) is 6.01. The van der Waals surface area contributed by atoms with Crippen LogP contribution in [0.4, 0.5) is 19.0 Å². The molecule has 1 fully saturated rings. The van der Waals surface area contributed by atoms with Gasteiger partial charge in [0.25, 0.3) is 5.92 Å². The maximum atomic E-state index is 14.4. The highest BCUT2D eigenvalue weighted by Gasteiger charge is 2.46. The monoisotopic (exact) mass is 563 g/mol. The summed E-state index contributed by atoms with van der Waals surface area (Å²) in [6.07, 6.45) is -1.17. The Morgan fingerprint density at radius 1 is 1.10 bits per heavy atom. The van der Waals surface area contributed by atoms with Crippen molar-refractivity contribution in [2.24, 2.45) is 0 Å². The maximum absolute atomic E-state index is 14.4. The molecule has 0 amide bonds. The van der Waals surface area contributed by atoms with Crippen molar-refractivity contribution in [2.75, 3.05) is 25.9 Å². The molecule has 1 atom stereocenters. The Bertz CT molecular complexity index is 1240. The van der Waals surface area contributed by atoms with Gasteiger partial charge in [-0.15, -0.1) is 12.6 Å². The molecule has 1 unspecified atom stereocenters. The van der Waals surface area contributed by atoms with E-state index in [1.54, 1.807) is 24.1 Å². The zero-order chi connectivity index (χ0) is 28.6. The number of alkyl halides is 2. The molecule has 39 heavy (non-hydrogen) atoms. The highest BCUT2D eigenvalue weighted by Crippen LogP contribution is 2.33. The molecular weight excluding hydrogens is 523 g/mol. The van der Waals surface area contributed by atoms with Gasteiger partial charge in [0, 0.05) is 29.1 Å². The molecule has 0 aliphatic carbocycles. The van der Waals surface area contributed by atoms with Gasteiger partial charge < -0.3 is 20.8 Å². The predicted molar refractivity (Wildman–Crippen MR) is 157 cm³/mol. The second kappa shape index (κ2) is 14.9. The van der Waals surface area contributed by atoms with Gasteiger partial charge in [0.15, 0.2) is 11.9 Å². The zero-order valence-electron chi connectivity index (χ0n) is 22.6. The number of rotatable bonds is 4. The summed E-state index contributed by atoms with van der Waals surface area (Å²) in [5.74, 6) is -3.03. The average Bonchev–Trinajstić information content (AvgIpc) is 2.84. The van der Waals surface area contributed by atoms with E-state index >= 15 is 0 Å². The van der Waals surface area contributed by atoms with E-state index in [1.807, 2.05) is 52.0 Å².